The highest BCUT2D eigenvalue weighted by molar-refractivity contribution is 6.46. The summed E-state index contributed by atoms with van der Waals surface area (Å²) >= 11 is 0. The van der Waals surface area contributed by atoms with Gasteiger partial charge in [-0.15, -0.1) is 0 Å². The van der Waals surface area contributed by atoms with E-state index in [1.54, 1.807) is 29.2 Å². The lowest BCUT2D eigenvalue weighted by Gasteiger charge is -2.26. The van der Waals surface area contributed by atoms with Crippen LogP contribution in [0.5, 0.6) is 11.5 Å². The third kappa shape index (κ3) is 6.49. The van der Waals surface area contributed by atoms with Crippen molar-refractivity contribution in [3.8, 4) is 11.5 Å². The zero-order valence-electron chi connectivity index (χ0n) is 23.0. The van der Waals surface area contributed by atoms with Crippen LogP contribution in [-0.2, 0) is 16.2 Å². The van der Waals surface area contributed by atoms with E-state index in [4.69, 9.17) is 9.47 Å². The van der Waals surface area contributed by atoms with Crippen LogP contribution in [0, 0.1) is 6.92 Å². The van der Waals surface area contributed by atoms with Crippen molar-refractivity contribution in [3.63, 3.8) is 0 Å². The van der Waals surface area contributed by atoms with E-state index in [1.165, 1.54) is 0 Å². The van der Waals surface area contributed by atoms with Gasteiger partial charge < -0.3 is 24.4 Å². The van der Waals surface area contributed by atoms with Crippen molar-refractivity contribution < 1.29 is 24.2 Å². The maximum absolute atomic E-state index is 13.3. The molecule has 0 radical (unpaired) electrons. The Labute approximate surface area is 230 Å². The van der Waals surface area contributed by atoms with Gasteiger partial charge in [0.1, 0.15) is 23.9 Å². The molecule has 1 fully saturated rings. The Balaban J connectivity index is 1.63. The molecule has 7 nitrogen and oxygen atoms in total. The number of aliphatic hydroxyl groups is 1. The summed E-state index contributed by atoms with van der Waals surface area (Å²) in [7, 11) is 3.93. The van der Waals surface area contributed by atoms with Gasteiger partial charge in [-0.1, -0.05) is 36.4 Å². The van der Waals surface area contributed by atoms with Crippen LogP contribution in [0.25, 0.3) is 5.76 Å². The monoisotopic (exact) mass is 528 g/mol. The highest BCUT2D eigenvalue weighted by Crippen LogP contribution is 2.40. The smallest absolute Gasteiger partial charge is 0.295 e. The molecular weight excluding hydrogens is 492 g/mol. The van der Waals surface area contributed by atoms with Crippen LogP contribution in [0.15, 0.2) is 78.4 Å². The SMILES string of the molecule is CCOc1ccc(C2/C(=C(\O)c3ccc(OCc4ccccc4C)cc3)C(=O)C(=O)N2CCCN(C)C)cc1. The minimum atomic E-state index is -0.695. The molecule has 1 saturated heterocycles. The van der Waals surface area contributed by atoms with E-state index in [1.807, 2.05) is 81.4 Å². The summed E-state index contributed by atoms with van der Waals surface area (Å²) in [4.78, 5) is 30.0. The highest BCUT2D eigenvalue weighted by Gasteiger charge is 2.45. The predicted molar refractivity (Wildman–Crippen MR) is 152 cm³/mol. The molecule has 1 aliphatic rings. The Kier molecular flexibility index (Phi) is 9.04. The van der Waals surface area contributed by atoms with Crippen LogP contribution in [0.4, 0.5) is 0 Å². The van der Waals surface area contributed by atoms with Gasteiger partial charge in [0.25, 0.3) is 11.7 Å². The number of carbonyl (C=O) groups excluding carboxylic acids is 2. The Hall–Kier alpha value is -4.10. The molecule has 1 atom stereocenters. The lowest BCUT2D eigenvalue weighted by molar-refractivity contribution is -0.139. The van der Waals surface area contributed by atoms with Crippen LogP contribution in [-0.4, -0.2) is 60.4 Å². The van der Waals surface area contributed by atoms with Gasteiger partial charge in [0.2, 0.25) is 0 Å². The third-order valence-corrected chi connectivity index (χ3v) is 6.83. The Morgan fingerprint density at radius 1 is 0.923 bits per heavy atom. The maximum atomic E-state index is 13.3. The minimum Gasteiger partial charge on any atom is -0.507 e. The first-order valence-corrected chi connectivity index (χ1v) is 13.2. The number of Topliss-reactive ketones (excluding diaryl/α,β-unsaturated/α-hetero) is 1. The number of hydrogen-bond acceptors (Lipinski definition) is 6. The Bertz CT molecular complexity index is 1330. The number of carbonyl (C=O) groups is 2. The van der Waals surface area contributed by atoms with Gasteiger partial charge >= 0.3 is 0 Å². The first kappa shape index (κ1) is 27.9. The second kappa shape index (κ2) is 12.6. The quantitative estimate of drug-likeness (QED) is 0.205. The number of nitrogens with zero attached hydrogens (tertiary/aromatic N) is 2. The summed E-state index contributed by atoms with van der Waals surface area (Å²) in [5.41, 5.74) is 3.51. The lowest BCUT2D eigenvalue weighted by atomic mass is 9.95. The molecule has 204 valence electrons. The van der Waals surface area contributed by atoms with Crippen molar-refractivity contribution in [2.75, 3.05) is 33.8 Å². The molecular formula is C32H36N2O5. The van der Waals surface area contributed by atoms with E-state index in [0.29, 0.717) is 43.2 Å². The topological polar surface area (TPSA) is 79.3 Å². The van der Waals surface area contributed by atoms with Crippen LogP contribution in [0.1, 0.15) is 41.6 Å². The standard InChI is InChI=1S/C32H36N2O5/c1-5-38-26-15-11-23(12-16-26)29-28(31(36)32(37)34(29)20-8-19-33(3)4)30(35)24-13-17-27(18-14-24)39-21-25-10-7-6-9-22(25)2/h6-7,9-18,29,35H,5,8,19-21H2,1-4H3/b30-28+. The molecule has 1 amide bonds. The van der Waals surface area contributed by atoms with Crippen molar-refractivity contribution in [1.82, 2.24) is 9.80 Å². The molecule has 0 aliphatic carbocycles. The van der Waals surface area contributed by atoms with Gasteiger partial charge in [-0.25, -0.2) is 0 Å². The van der Waals surface area contributed by atoms with Gasteiger partial charge in [0.05, 0.1) is 18.2 Å². The van der Waals surface area contributed by atoms with Gasteiger partial charge in [-0.2, -0.15) is 0 Å². The molecule has 4 rings (SSSR count). The van der Waals surface area contributed by atoms with Crippen molar-refractivity contribution >= 4 is 17.4 Å². The number of benzene rings is 3. The molecule has 3 aromatic rings. The van der Waals surface area contributed by atoms with Crippen LogP contribution < -0.4 is 9.47 Å². The van der Waals surface area contributed by atoms with Crippen molar-refractivity contribution in [2.24, 2.45) is 0 Å². The fourth-order valence-corrected chi connectivity index (χ4v) is 4.73. The van der Waals surface area contributed by atoms with E-state index in [-0.39, 0.29) is 11.3 Å². The normalized spacial score (nSPS) is 16.6. The Morgan fingerprint density at radius 3 is 2.21 bits per heavy atom. The highest BCUT2D eigenvalue weighted by atomic mass is 16.5. The number of ether oxygens (including phenoxy) is 2. The number of aryl methyl sites for hydroxylation is 1. The van der Waals surface area contributed by atoms with E-state index in [0.717, 1.165) is 23.2 Å². The summed E-state index contributed by atoms with van der Waals surface area (Å²) in [5.74, 6) is -0.148. The second-order valence-corrected chi connectivity index (χ2v) is 9.89. The lowest BCUT2D eigenvalue weighted by Crippen LogP contribution is -2.32. The maximum Gasteiger partial charge on any atom is 0.295 e. The van der Waals surface area contributed by atoms with Crippen molar-refractivity contribution in [1.29, 1.82) is 0 Å². The molecule has 1 unspecified atom stereocenters. The predicted octanol–water partition coefficient (Wildman–Crippen LogP) is 5.35. The second-order valence-electron chi connectivity index (χ2n) is 9.89. The van der Waals surface area contributed by atoms with Crippen LogP contribution >= 0.6 is 0 Å². The first-order valence-electron chi connectivity index (χ1n) is 13.2. The van der Waals surface area contributed by atoms with E-state index in [9.17, 15) is 14.7 Å². The number of rotatable bonds is 11. The van der Waals surface area contributed by atoms with Crippen LogP contribution in [0.3, 0.4) is 0 Å². The molecule has 3 aromatic carbocycles. The first-order chi connectivity index (χ1) is 18.8. The van der Waals surface area contributed by atoms with Gasteiger partial charge in [-0.3, -0.25) is 9.59 Å². The number of hydrogen-bond donors (Lipinski definition) is 1. The van der Waals surface area contributed by atoms with Gasteiger partial charge in [0.15, 0.2) is 0 Å². The largest absolute Gasteiger partial charge is 0.507 e. The average Bonchev–Trinajstić information content (AvgIpc) is 3.18. The molecule has 1 heterocycles. The summed E-state index contributed by atoms with van der Waals surface area (Å²) in [5, 5.41) is 11.4. The van der Waals surface area contributed by atoms with Crippen LogP contribution in [0.2, 0.25) is 0 Å². The molecule has 39 heavy (non-hydrogen) atoms. The van der Waals surface area contributed by atoms with Crippen molar-refractivity contribution in [2.45, 2.75) is 32.9 Å². The molecule has 1 N–H and O–H groups in total. The zero-order chi connectivity index (χ0) is 27.9. The molecule has 0 saturated carbocycles. The molecule has 0 aromatic heterocycles. The molecule has 7 heteroatoms. The van der Waals surface area contributed by atoms with Gasteiger partial charge in [-0.05, 0) is 94.0 Å². The van der Waals surface area contributed by atoms with E-state index >= 15 is 0 Å². The summed E-state index contributed by atoms with van der Waals surface area (Å²) < 4.78 is 11.5. The average molecular weight is 529 g/mol. The van der Waals surface area contributed by atoms with E-state index < -0.39 is 17.7 Å². The summed E-state index contributed by atoms with van der Waals surface area (Å²) in [6.07, 6.45) is 0.695. The number of amides is 1. The Morgan fingerprint density at radius 2 is 1.56 bits per heavy atom. The summed E-state index contributed by atoms with van der Waals surface area (Å²) in [6, 6.07) is 21.6. The van der Waals surface area contributed by atoms with Gasteiger partial charge in [0, 0.05) is 12.1 Å². The minimum absolute atomic E-state index is 0.0857. The number of likely N-dealkylation sites (tertiary alicyclic amines) is 1. The number of aliphatic hydroxyl groups excluding tert-OH is 1. The molecule has 0 spiro atoms. The fourth-order valence-electron chi connectivity index (χ4n) is 4.73. The fraction of sp³-hybridized carbons (Fsp3) is 0.312. The number of ketones is 1. The zero-order valence-corrected chi connectivity index (χ0v) is 23.0. The summed E-state index contributed by atoms with van der Waals surface area (Å²) in [6.45, 7) is 6.07. The van der Waals surface area contributed by atoms with E-state index in [2.05, 4.69) is 0 Å². The molecule has 0 bridgehead atoms. The third-order valence-electron chi connectivity index (χ3n) is 6.83. The molecule has 1 aliphatic heterocycles. The van der Waals surface area contributed by atoms with Crippen molar-refractivity contribution in [3.05, 3.63) is 101 Å².